The number of fused-ring (bicyclic) bond motifs is 1. The first kappa shape index (κ1) is 11.9. The van der Waals surface area contributed by atoms with Crippen molar-refractivity contribution >= 4 is 17.1 Å². The van der Waals surface area contributed by atoms with Crippen LogP contribution in [0.5, 0.6) is 0 Å². The molecule has 0 aliphatic rings. The van der Waals surface area contributed by atoms with Crippen LogP contribution in [0.25, 0.3) is 22.6 Å². The van der Waals surface area contributed by atoms with Gasteiger partial charge in [0.1, 0.15) is 11.3 Å². The van der Waals surface area contributed by atoms with Crippen molar-refractivity contribution in [2.45, 2.75) is 0 Å². The van der Waals surface area contributed by atoms with E-state index in [2.05, 4.69) is 19.9 Å². The fraction of sp³-hybridized carbons (Fsp3) is 0. The second-order valence-corrected chi connectivity index (χ2v) is 4.10. The molecule has 1 aromatic carbocycles. The Hall–Kier alpha value is -3.16. The fourth-order valence-corrected chi connectivity index (χ4v) is 1.84. The Bertz CT molecular complexity index is 917. The maximum absolute atomic E-state index is 11.6. The smallest absolute Gasteiger partial charge is 0.335 e. The predicted octanol–water partition coefficient (Wildman–Crippen LogP) is 0.305. The minimum absolute atomic E-state index is 0.149. The molecule has 0 spiro atoms. The highest BCUT2D eigenvalue weighted by Crippen LogP contribution is 2.17. The van der Waals surface area contributed by atoms with Gasteiger partial charge in [-0.25, -0.2) is 14.6 Å². The zero-order chi connectivity index (χ0) is 14.3. The van der Waals surface area contributed by atoms with E-state index in [9.17, 15) is 14.4 Å². The van der Waals surface area contributed by atoms with Gasteiger partial charge in [0.25, 0.3) is 5.56 Å². The Morgan fingerprint density at radius 3 is 2.40 bits per heavy atom. The van der Waals surface area contributed by atoms with E-state index in [1.807, 2.05) is 0 Å². The van der Waals surface area contributed by atoms with E-state index in [4.69, 9.17) is 5.11 Å². The summed E-state index contributed by atoms with van der Waals surface area (Å²) in [5.41, 5.74) is -0.146. The second-order valence-electron chi connectivity index (χ2n) is 4.10. The number of nitrogens with zero attached hydrogens (tertiary/aromatic N) is 1. The van der Waals surface area contributed by atoms with Gasteiger partial charge < -0.3 is 10.1 Å². The first-order chi connectivity index (χ1) is 9.54. The lowest BCUT2D eigenvalue weighted by Gasteiger charge is -1.97. The van der Waals surface area contributed by atoms with Crippen molar-refractivity contribution in [3.8, 4) is 11.4 Å². The van der Waals surface area contributed by atoms with Gasteiger partial charge in [0.15, 0.2) is 5.65 Å². The van der Waals surface area contributed by atoms with E-state index in [1.165, 1.54) is 12.1 Å². The van der Waals surface area contributed by atoms with Gasteiger partial charge in [-0.2, -0.15) is 0 Å². The topological polar surface area (TPSA) is 132 Å². The molecule has 0 saturated carbocycles. The quantitative estimate of drug-likeness (QED) is 0.533. The zero-order valence-electron chi connectivity index (χ0n) is 9.93. The number of hydrogen-bond acceptors (Lipinski definition) is 4. The summed E-state index contributed by atoms with van der Waals surface area (Å²) in [6.45, 7) is 0. The standard InChI is InChI=1S/C12H8N4O4/c17-10-7-9(15-12(20)16-10)14-8(13-7)5-1-3-6(4-2-5)11(18)19/h1-4H,(H,18,19)(H3,13,14,15,16,17,20). The summed E-state index contributed by atoms with van der Waals surface area (Å²) in [5, 5.41) is 8.82. The first-order valence-corrected chi connectivity index (χ1v) is 5.60. The lowest BCUT2D eigenvalue weighted by Crippen LogP contribution is -2.21. The Morgan fingerprint density at radius 2 is 1.75 bits per heavy atom. The van der Waals surface area contributed by atoms with Gasteiger partial charge in [0.2, 0.25) is 0 Å². The number of rotatable bonds is 2. The Balaban J connectivity index is 2.15. The molecule has 0 radical (unpaired) electrons. The third-order valence-electron chi connectivity index (χ3n) is 2.80. The number of aromatic amines is 3. The average Bonchev–Trinajstić information content (AvgIpc) is 2.83. The van der Waals surface area contributed by atoms with Crippen molar-refractivity contribution in [1.82, 2.24) is 19.9 Å². The maximum Gasteiger partial charge on any atom is 0.335 e. The van der Waals surface area contributed by atoms with E-state index >= 15 is 0 Å². The molecule has 3 aromatic rings. The molecule has 0 unspecified atom stereocenters. The largest absolute Gasteiger partial charge is 0.478 e. The zero-order valence-corrected chi connectivity index (χ0v) is 9.93. The van der Waals surface area contributed by atoms with Crippen LogP contribution in [0.3, 0.4) is 0 Å². The third-order valence-corrected chi connectivity index (χ3v) is 2.80. The molecule has 0 bridgehead atoms. The highest BCUT2D eigenvalue weighted by atomic mass is 16.4. The molecule has 0 fully saturated rings. The number of carboxylic acids is 1. The van der Waals surface area contributed by atoms with Crippen LogP contribution in [-0.4, -0.2) is 31.0 Å². The molecule has 2 heterocycles. The Kier molecular flexibility index (Phi) is 2.50. The number of benzene rings is 1. The van der Waals surface area contributed by atoms with Crippen molar-refractivity contribution in [1.29, 1.82) is 0 Å². The molecule has 3 rings (SSSR count). The molecule has 8 heteroatoms. The number of aromatic nitrogens is 4. The lowest BCUT2D eigenvalue weighted by atomic mass is 10.1. The highest BCUT2D eigenvalue weighted by Gasteiger charge is 2.10. The third kappa shape index (κ3) is 1.88. The number of H-pyrrole nitrogens is 3. The number of imidazole rings is 1. The number of nitrogens with one attached hydrogen (secondary N) is 3. The van der Waals surface area contributed by atoms with E-state index in [1.54, 1.807) is 12.1 Å². The summed E-state index contributed by atoms with van der Waals surface area (Å²) in [6, 6.07) is 5.98. The van der Waals surface area contributed by atoms with Crippen molar-refractivity contribution in [2.24, 2.45) is 0 Å². The van der Waals surface area contributed by atoms with Gasteiger partial charge in [-0.1, -0.05) is 12.1 Å². The summed E-state index contributed by atoms with van der Waals surface area (Å²) >= 11 is 0. The second kappa shape index (κ2) is 4.19. The highest BCUT2D eigenvalue weighted by molar-refractivity contribution is 5.88. The van der Waals surface area contributed by atoms with E-state index in [0.29, 0.717) is 11.4 Å². The molecule has 20 heavy (non-hydrogen) atoms. The van der Waals surface area contributed by atoms with Gasteiger partial charge in [-0.05, 0) is 12.1 Å². The maximum atomic E-state index is 11.6. The Labute approximate surface area is 110 Å². The molecule has 0 saturated heterocycles. The summed E-state index contributed by atoms with van der Waals surface area (Å²) in [4.78, 5) is 44.8. The molecular formula is C12H8N4O4. The van der Waals surface area contributed by atoms with Crippen molar-refractivity contribution in [2.75, 3.05) is 0 Å². The van der Waals surface area contributed by atoms with Crippen LogP contribution in [0, 0.1) is 0 Å². The van der Waals surface area contributed by atoms with Crippen molar-refractivity contribution < 1.29 is 9.90 Å². The SMILES string of the molecule is O=C(O)c1ccc(-c2nc3[nH]c(=O)[nH]c(=O)c3[nH]2)cc1. The molecule has 0 aliphatic heterocycles. The fourth-order valence-electron chi connectivity index (χ4n) is 1.84. The van der Waals surface area contributed by atoms with Gasteiger partial charge >= 0.3 is 11.7 Å². The van der Waals surface area contributed by atoms with Crippen LogP contribution >= 0.6 is 0 Å². The summed E-state index contributed by atoms with van der Waals surface area (Å²) in [6.07, 6.45) is 0. The minimum atomic E-state index is -1.03. The van der Waals surface area contributed by atoms with Crippen LogP contribution in [-0.2, 0) is 0 Å². The van der Waals surface area contributed by atoms with Crippen molar-refractivity contribution in [3.05, 3.63) is 50.7 Å². The lowest BCUT2D eigenvalue weighted by molar-refractivity contribution is 0.0697. The van der Waals surface area contributed by atoms with E-state index < -0.39 is 17.2 Å². The predicted molar refractivity (Wildman–Crippen MR) is 69.7 cm³/mol. The number of carboxylic acid groups (broad SMARTS) is 1. The normalized spacial score (nSPS) is 10.8. The average molecular weight is 272 g/mol. The molecule has 100 valence electrons. The number of aromatic carboxylic acids is 1. The molecule has 0 atom stereocenters. The first-order valence-electron chi connectivity index (χ1n) is 5.60. The van der Waals surface area contributed by atoms with Crippen LogP contribution in [0.2, 0.25) is 0 Å². The molecule has 4 N–H and O–H groups in total. The summed E-state index contributed by atoms with van der Waals surface area (Å²) < 4.78 is 0. The van der Waals surface area contributed by atoms with Crippen LogP contribution in [0.4, 0.5) is 0 Å². The minimum Gasteiger partial charge on any atom is -0.478 e. The molecule has 0 amide bonds. The van der Waals surface area contributed by atoms with Gasteiger partial charge in [-0.3, -0.25) is 14.8 Å². The molecule has 2 aromatic heterocycles. The van der Waals surface area contributed by atoms with Crippen LogP contribution in [0.1, 0.15) is 10.4 Å². The van der Waals surface area contributed by atoms with E-state index in [0.717, 1.165) is 0 Å². The summed E-state index contributed by atoms with van der Waals surface area (Å²) in [5.74, 6) is -0.661. The number of hydrogen-bond donors (Lipinski definition) is 4. The van der Waals surface area contributed by atoms with E-state index in [-0.39, 0.29) is 16.7 Å². The molecule has 0 aliphatic carbocycles. The Morgan fingerprint density at radius 1 is 1.05 bits per heavy atom. The van der Waals surface area contributed by atoms with Crippen LogP contribution < -0.4 is 11.2 Å². The van der Waals surface area contributed by atoms with Gasteiger partial charge in [-0.15, -0.1) is 0 Å². The molecule has 8 nitrogen and oxygen atoms in total. The number of carbonyl (C=O) groups is 1. The van der Waals surface area contributed by atoms with Gasteiger partial charge in [0.05, 0.1) is 5.56 Å². The van der Waals surface area contributed by atoms with Crippen molar-refractivity contribution in [3.63, 3.8) is 0 Å². The van der Waals surface area contributed by atoms with Crippen LogP contribution in [0.15, 0.2) is 33.9 Å². The summed E-state index contributed by atoms with van der Waals surface area (Å²) in [7, 11) is 0. The van der Waals surface area contributed by atoms with Gasteiger partial charge in [0, 0.05) is 5.56 Å². The molecular weight excluding hydrogens is 264 g/mol. The monoisotopic (exact) mass is 272 g/mol.